The van der Waals surface area contributed by atoms with Crippen molar-refractivity contribution in [3.8, 4) is 5.75 Å². The van der Waals surface area contributed by atoms with Gasteiger partial charge in [-0.3, -0.25) is 0 Å². The first kappa shape index (κ1) is 12.6. The summed E-state index contributed by atoms with van der Waals surface area (Å²) in [6.45, 7) is 2.27. The quantitative estimate of drug-likeness (QED) is 0.812. The van der Waals surface area contributed by atoms with Crippen LogP contribution in [0.5, 0.6) is 5.75 Å². The molecule has 1 aromatic rings. The molecule has 0 radical (unpaired) electrons. The Balaban J connectivity index is 1.85. The van der Waals surface area contributed by atoms with Crippen molar-refractivity contribution in [1.29, 1.82) is 0 Å². The van der Waals surface area contributed by atoms with Gasteiger partial charge in [-0.1, -0.05) is 12.1 Å². The average Bonchev–Trinajstić information content (AvgIpc) is 2.88. The van der Waals surface area contributed by atoms with Gasteiger partial charge in [0.15, 0.2) is 0 Å². The van der Waals surface area contributed by atoms with Crippen LogP contribution in [-0.2, 0) is 9.53 Å². The lowest BCUT2D eigenvalue weighted by molar-refractivity contribution is -0.131. The highest BCUT2D eigenvalue weighted by molar-refractivity contribution is 5.85. The first-order chi connectivity index (χ1) is 8.74. The van der Waals surface area contributed by atoms with E-state index < -0.39 is 5.97 Å². The van der Waals surface area contributed by atoms with Gasteiger partial charge in [-0.05, 0) is 30.2 Å². The summed E-state index contributed by atoms with van der Waals surface area (Å²) in [5, 5.41) is 8.51. The summed E-state index contributed by atoms with van der Waals surface area (Å²) < 4.78 is 10.9. The van der Waals surface area contributed by atoms with Crippen LogP contribution in [0.4, 0.5) is 0 Å². The van der Waals surface area contributed by atoms with E-state index in [0.717, 1.165) is 37.0 Å². The lowest BCUT2D eigenvalue weighted by atomic mass is 10.1. The minimum Gasteiger partial charge on any atom is -0.493 e. The Morgan fingerprint density at radius 1 is 1.44 bits per heavy atom. The minimum absolute atomic E-state index is 0.483. The fourth-order valence-corrected chi connectivity index (χ4v) is 1.77. The zero-order valence-electron chi connectivity index (χ0n) is 10.0. The standard InChI is InChI=1S/C14H16O4/c15-14(16)6-3-11-1-4-13(5-2-11)18-10-12-7-8-17-9-12/h1-6,12H,7-10H2,(H,15,16)/b6-3+. The number of carbonyl (C=O) groups is 1. The van der Waals surface area contributed by atoms with Gasteiger partial charge in [-0.2, -0.15) is 0 Å². The van der Waals surface area contributed by atoms with Crippen LogP contribution in [0, 0.1) is 5.92 Å². The molecule has 4 heteroatoms. The summed E-state index contributed by atoms with van der Waals surface area (Å²) in [7, 11) is 0. The normalized spacial score (nSPS) is 19.2. The van der Waals surface area contributed by atoms with Crippen molar-refractivity contribution in [3.05, 3.63) is 35.9 Å². The van der Waals surface area contributed by atoms with E-state index in [1.807, 2.05) is 24.3 Å². The maximum Gasteiger partial charge on any atom is 0.328 e. The summed E-state index contributed by atoms with van der Waals surface area (Å²) in [6, 6.07) is 7.36. The Bertz CT molecular complexity index is 416. The topological polar surface area (TPSA) is 55.8 Å². The van der Waals surface area contributed by atoms with E-state index in [9.17, 15) is 4.79 Å². The van der Waals surface area contributed by atoms with Gasteiger partial charge in [0.25, 0.3) is 0 Å². The monoisotopic (exact) mass is 248 g/mol. The Morgan fingerprint density at radius 2 is 2.22 bits per heavy atom. The van der Waals surface area contributed by atoms with Crippen molar-refractivity contribution < 1.29 is 19.4 Å². The Kier molecular flexibility index (Phi) is 4.36. The molecule has 4 nitrogen and oxygen atoms in total. The molecular formula is C14H16O4. The van der Waals surface area contributed by atoms with Crippen LogP contribution in [0.25, 0.3) is 6.08 Å². The van der Waals surface area contributed by atoms with Gasteiger partial charge in [-0.15, -0.1) is 0 Å². The van der Waals surface area contributed by atoms with E-state index in [2.05, 4.69) is 0 Å². The Labute approximate surface area is 106 Å². The van der Waals surface area contributed by atoms with Gasteiger partial charge in [0.1, 0.15) is 5.75 Å². The fourth-order valence-electron chi connectivity index (χ4n) is 1.77. The average molecular weight is 248 g/mol. The first-order valence-electron chi connectivity index (χ1n) is 5.95. The minimum atomic E-state index is -0.948. The van der Waals surface area contributed by atoms with Gasteiger partial charge in [-0.25, -0.2) is 4.79 Å². The Morgan fingerprint density at radius 3 is 2.83 bits per heavy atom. The van der Waals surface area contributed by atoms with Crippen LogP contribution in [0.1, 0.15) is 12.0 Å². The molecule has 0 amide bonds. The second-order valence-electron chi connectivity index (χ2n) is 4.28. The molecule has 2 rings (SSSR count). The number of hydrogen-bond donors (Lipinski definition) is 1. The molecule has 96 valence electrons. The highest BCUT2D eigenvalue weighted by Crippen LogP contribution is 2.17. The number of hydrogen-bond acceptors (Lipinski definition) is 3. The first-order valence-corrected chi connectivity index (χ1v) is 5.95. The van der Waals surface area contributed by atoms with E-state index in [0.29, 0.717) is 12.5 Å². The van der Waals surface area contributed by atoms with Gasteiger partial charge >= 0.3 is 5.97 Å². The van der Waals surface area contributed by atoms with E-state index in [1.165, 1.54) is 0 Å². The van der Waals surface area contributed by atoms with Crippen LogP contribution in [0.3, 0.4) is 0 Å². The molecule has 0 spiro atoms. The number of rotatable bonds is 5. The molecule has 1 N–H and O–H groups in total. The van der Waals surface area contributed by atoms with Crippen molar-refractivity contribution in [3.63, 3.8) is 0 Å². The van der Waals surface area contributed by atoms with E-state index in [4.69, 9.17) is 14.6 Å². The van der Waals surface area contributed by atoms with Crippen LogP contribution < -0.4 is 4.74 Å². The lowest BCUT2D eigenvalue weighted by Gasteiger charge is -2.10. The number of ether oxygens (including phenoxy) is 2. The van der Waals surface area contributed by atoms with Gasteiger partial charge in [0.2, 0.25) is 0 Å². The molecule has 0 aliphatic carbocycles. The van der Waals surface area contributed by atoms with Crippen molar-refractivity contribution in [2.45, 2.75) is 6.42 Å². The van der Waals surface area contributed by atoms with Crippen LogP contribution >= 0.6 is 0 Å². The van der Waals surface area contributed by atoms with Gasteiger partial charge in [0, 0.05) is 18.6 Å². The van der Waals surface area contributed by atoms with Crippen molar-refractivity contribution in [2.24, 2.45) is 5.92 Å². The zero-order chi connectivity index (χ0) is 12.8. The molecule has 1 fully saturated rings. The summed E-state index contributed by atoms with van der Waals surface area (Å²) in [5.41, 5.74) is 0.842. The third-order valence-corrected chi connectivity index (χ3v) is 2.81. The summed E-state index contributed by atoms with van der Waals surface area (Å²) in [6.07, 6.45) is 3.72. The molecule has 1 atom stereocenters. The third kappa shape index (κ3) is 3.89. The number of benzene rings is 1. The van der Waals surface area contributed by atoms with Crippen molar-refractivity contribution in [2.75, 3.05) is 19.8 Å². The second-order valence-corrected chi connectivity index (χ2v) is 4.28. The van der Waals surface area contributed by atoms with E-state index in [1.54, 1.807) is 6.08 Å². The zero-order valence-corrected chi connectivity index (χ0v) is 10.0. The summed E-state index contributed by atoms with van der Waals surface area (Å²) in [4.78, 5) is 10.4. The molecule has 1 saturated heterocycles. The molecule has 0 aromatic heterocycles. The maximum atomic E-state index is 10.4. The number of aliphatic carboxylic acids is 1. The molecule has 0 saturated carbocycles. The lowest BCUT2D eigenvalue weighted by Crippen LogP contribution is -2.11. The third-order valence-electron chi connectivity index (χ3n) is 2.81. The van der Waals surface area contributed by atoms with Gasteiger partial charge in [0.05, 0.1) is 13.2 Å². The van der Waals surface area contributed by atoms with E-state index >= 15 is 0 Å². The highest BCUT2D eigenvalue weighted by Gasteiger charge is 2.15. The highest BCUT2D eigenvalue weighted by atomic mass is 16.5. The number of carboxylic acids is 1. The van der Waals surface area contributed by atoms with Crippen LogP contribution in [-0.4, -0.2) is 30.9 Å². The molecular weight excluding hydrogens is 232 g/mol. The SMILES string of the molecule is O=C(O)/C=C/c1ccc(OCC2CCOC2)cc1. The Hall–Kier alpha value is -1.81. The summed E-state index contributed by atoms with van der Waals surface area (Å²) in [5.74, 6) is 0.336. The van der Waals surface area contributed by atoms with Crippen molar-refractivity contribution in [1.82, 2.24) is 0 Å². The molecule has 1 aliphatic rings. The van der Waals surface area contributed by atoms with Crippen LogP contribution in [0.15, 0.2) is 30.3 Å². The molecule has 1 heterocycles. The van der Waals surface area contributed by atoms with Crippen LogP contribution in [0.2, 0.25) is 0 Å². The predicted molar refractivity (Wildman–Crippen MR) is 67.5 cm³/mol. The fraction of sp³-hybridized carbons (Fsp3) is 0.357. The maximum absolute atomic E-state index is 10.4. The molecule has 18 heavy (non-hydrogen) atoms. The molecule has 1 unspecified atom stereocenters. The van der Waals surface area contributed by atoms with E-state index in [-0.39, 0.29) is 0 Å². The van der Waals surface area contributed by atoms with Crippen molar-refractivity contribution >= 4 is 12.0 Å². The summed E-state index contributed by atoms with van der Waals surface area (Å²) >= 11 is 0. The molecule has 1 aromatic carbocycles. The van der Waals surface area contributed by atoms with Gasteiger partial charge < -0.3 is 14.6 Å². The second kappa shape index (κ2) is 6.21. The smallest absolute Gasteiger partial charge is 0.328 e. The largest absolute Gasteiger partial charge is 0.493 e. The predicted octanol–water partition coefficient (Wildman–Crippen LogP) is 2.20. The molecule has 1 aliphatic heterocycles. The molecule has 0 bridgehead atoms. The number of carboxylic acid groups (broad SMARTS) is 1.